The van der Waals surface area contributed by atoms with Crippen molar-refractivity contribution in [2.45, 2.75) is 25.3 Å². The van der Waals surface area contributed by atoms with E-state index in [9.17, 15) is 9.59 Å². The number of amides is 1. The van der Waals surface area contributed by atoms with Crippen LogP contribution in [0.5, 0.6) is 11.5 Å². The average Bonchev–Trinajstić information content (AvgIpc) is 3.30. The maximum absolute atomic E-state index is 12.8. The second-order valence-corrected chi connectivity index (χ2v) is 6.54. The zero-order valence-corrected chi connectivity index (χ0v) is 14.2. The second-order valence-electron chi connectivity index (χ2n) is 6.54. The zero-order valence-electron chi connectivity index (χ0n) is 14.2. The minimum Gasteiger partial charge on any atom is -0.478 e. The Hall–Kier alpha value is -3.02. The molecule has 2 aromatic rings. The minimum absolute atomic E-state index is 0.00713. The lowest BCUT2D eigenvalue weighted by atomic mass is 10.0. The van der Waals surface area contributed by atoms with Gasteiger partial charge in [0, 0.05) is 6.54 Å². The number of hydrogen-bond acceptors (Lipinski definition) is 4. The Labute approximate surface area is 151 Å². The number of hydrogen-bond donors (Lipinski definition) is 1. The van der Waals surface area contributed by atoms with Gasteiger partial charge >= 0.3 is 5.97 Å². The quantitative estimate of drug-likeness (QED) is 0.914. The molecule has 0 radical (unpaired) electrons. The zero-order chi connectivity index (χ0) is 18.1. The van der Waals surface area contributed by atoms with Crippen molar-refractivity contribution >= 4 is 11.9 Å². The Morgan fingerprint density at radius 1 is 1.12 bits per heavy atom. The van der Waals surface area contributed by atoms with Gasteiger partial charge in [0.25, 0.3) is 0 Å². The highest BCUT2D eigenvalue weighted by molar-refractivity contribution is 5.88. The van der Waals surface area contributed by atoms with Gasteiger partial charge in [-0.2, -0.15) is 0 Å². The van der Waals surface area contributed by atoms with Gasteiger partial charge in [-0.1, -0.05) is 18.2 Å². The lowest BCUT2D eigenvalue weighted by molar-refractivity contribution is -0.131. The predicted molar refractivity (Wildman–Crippen MR) is 93.4 cm³/mol. The van der Waals surface area contributed by atoms with Crippen LogP contribution >= 0.6 is 0 Å². The highest BCUT2D eigenvalue weighted by Gasteiger charge is 2.31. The molecule has 2 aromatic carbocycles. The Morgan fingerprint density at radius 3 is 2.81 bits per heavy atom. The molecule has 2 aliphatic rings. The number of likely N-dealkylation sites (tertiary alicyclic amines) is 1. The number of rotatable bonds is 4. The number of carbonyl (C=O) groups excluding carboxylic acids is 1. The van der Waals surface area contributed by atoms with Gasteiger partial charge in [-0.15, -0.1) is 0 Å². The molecule has 0 aliphatic carbocycles. The van der Waals surface area contributed by atoms with Crippen LogP contribution in [0.3, 0.4) is 0 Å². The third-order valence-corrected chi connectivity index (χ3v) is 4.88. The molecule has 4 rings (SSSR count). The van der Waals surface area contributed by atoms with Gasteiger partial charge < -0.3 is 19.5 Å². The van der Waals surface area contributed by atoms with E-state index in [0.717, 1.165) is 29.9 Å². The normalized spacial score (nSPS) is 18.2. The summed E-state index contributed by atoms with van der Waals surface area (Å²) in [5, 5.41) is 9.11. The molecule has 6 nitrogen and oxygen atoms in total. The molecule has 1 N–H and O–H groups in total. The molecule has 1 atom stereocenters. The number of aromatic carboxylic acids is 1. The van der Waals surface area contributed by atoms with Crippen molar-refractivity contribution in [3.05, 3.63) is 59.2 Å². The summed E-state index contributed by atoms with van der Waals surface area (Å²) in [6.07, 6.45) is 2.04. The van der Waals surface area contributed by atoms with Crippen molar-refractivity contribution in [2.75, 3.05) is 13.3 Å². The van der Waals surface area contributed by atoms with E-state index >= 15 is 0 Å². The van der Waals surface area contributed by atoms with Gasteiger partial charge in [0.2, 0.25) is 12.7 Å². The van der Waals surface area contributed by atoms with Crippen LogP contribution in [0.15, 0.2) is 42.5 Å². The number of fused-ring (bicyclic) bond motifs is 1. The van der Waals surface area contributed by atoms with Gasteiger partial charge in [0.1, 0.15) is 0 Å². The first-order chi connectivity index (χ1) is 12.6. The molecule has 0 aromatic heterocycles. The van der Waals surface area contributed by atoms with Crippen LogP contribution in [0.4, 0.5) is 0 Å². The number of carboxylic acid groups (broad SMARTS) is 1. The molecule has 1 fully saturated rings. The standard InChI is InChI=1S/C20H19NO5/c22-19(10-13-3-1-4-15(9-13)20(23)24)21-8-2-5-16(21)14-6-7-17-18(11-14)26-12-25-17/h1,3-4,6-7,9,11,16H,2,5,8,10,12H2,(H,23,24)/t16-/m0/s1. The molecule has 1 amide bonds. The van der Waals surface area contributed by atoms with E-state index in [0.29, 0.717) is 12.1 Å². The van der Waals surface area contributed by atoms with Crippen molar-refractivity contribution in [1.82, 2.24) is 4.90 Å². The molecular weight excluding hydrogens is 334 g/mol. The molecule has 0 bridgehead atoms. The SMILES string of the molecule is O=C(O)c1cccc(CC(=O)N2CCC[C@H]2c2ccc3c(c2)OCO3)c1. The fourth-order valence-corrected chi connectivity index (χ4v) is 3.62. The van der Waals surface area contributed by atoms with Crippen LogP contribution < -0.4 is 9.47 Å². The number of nitrogens with zero attached hydrogens (tertiary/aromatic N) is 1. The number of ether oxygens (including phenoxy) is 2. The van der Waals surface area contributed by atoms with Crippen LogP contribution in [0, 0.1) is 0 Å². The molecule has 2 heterocycles. The van der Waals surface area contributed by atoms with E-state index in [-0.39, 0.29) is 30.7 Å². The van der Waals surface area contributed by atoms with Crippen molar-refractivity contribution in [3.63, 3.8) is 0 Å². The topological polar surface area (TPSA) is 76.1 Å². The summed E-state index contributed by atoms with van der Waals surface area (Å²) in [7, 11) is 0. The van der Waals surface area contributed by atoms with Crippen molar-refractivity contribution < 1.29 is 24.2 Å². The lowest BCUT2D eigenvalue weighted by Gasteiger charge is -2.25. The van der Waals surface area contributed by atoms with E-state index in [1.807, 2.05) is 23.1 Å². The van der Waals surface area contributed by atoms with Crippen LogP contribution in [0.1, 0.15) is 40.4 Å². The summed E-state index contributed by atoms with van der Waals surface area (Å²) in [5.41, 5.74) is 1.95. The smallest absolute Gasteiger partial charge is 0.335 e. The third kappa shape index (κ3) is 3.10. The van der Waals surface area contributed by atoms with Crippen molar-refractivity contribution in [1.29, 1.82) is 0 Å². The maximum atomic E-state index is 12.8. The third-order valence-electron chi connectivity index (χ3n) is 4.88. The molecule has 26 heavy (non-hydrogen) atoms. The van der Waals surface area contributed by atoms with E-state index < -0.39 is 5.97 Å². The Morgan fingerprint density at radius 2 is 1.96 bits per heavy atom. The van der Waals surface area contributed by atoms with Crippen molar-refractivity contribution in [2.24, 2.45) is 0 Å². The highest BCUT2D eigenvalue weighted by atomic mass is 16.7. The number of carboxylic acids is 1. The van der Waals surface area contributed by atoms with E-state index in [1.165, 1.54) is 6.07 Å². The van der Waals surface area contributed by atoms with Gasteiger partial charge in [-0.05, 0) is 48.2 Å². The van der Waals surface area contributed by atoms with Crippen LogP contribution in [0.2, 0.25) is 0 Å². The summed E-state index contributed by atoms with van der Waals surface area (Å²) >= 11 is 0. The molecule has 2 aliphatic heterocycles. The first-order valence-electron chi connectivity index (χ1n) is 8.63. The second kappa shape index (κ2) is 6.71. The molecule has 0 unspecified atom stereocenters. The molecular formula is C20H19NO5. The number of carbonyl (C=O) groups is 2. The van der Waals surface area contributed by atoms with Crippen LogP contribution in [0.25, 0.3) is 0 Å². The fraction of sp³-hybridized carbons (Fsp3) is 0.300. The summed E-state index contributed by atoms with van der Waals surface area (Å²) in [5.74, 6) is 0.470. The van der Waals surface area contributed by atoms with Gasteiger partial charge in [-0.25, -0.2) is 4.79 Å². The van der Waals surface area contributed by atoms with E-state index in [1.54, 1.807) is 18.2 Å². The highest BCUT2D eigenvalue weighted by Crippen LogP contribution is 2.39. The first kappa shape index (κ1) is 16.4. The Bertz CT molecular complexity index is 863. The van der Waals surface area contributed by atoms with Gasteiger partial charge in [0.05, 0.1) is 18.0 Å². The monoisotopic (exact) mass is 353 g/mol. The fourth-order valence-electron chi connectivity index (χ4n) is 3.62. The predicted octanol–water partition coefficient (Wildman–Crippen LogP) is 3.02. The molecule has 6 heteroatoms. The Kier molecular flexibility index (Phi) is 4.24. The minimum atomic E-state index is -0.987. The molecule has 1 saturated heterocycles. The molecule has 134 valence electrons. The summed E-state index contributed by atoms with van der Waals surface area (Å²) in [6.45, 7) is 0.933. The van der Waals surface area contributed by atoms with Gasteiger partial charge in [-0.3, -0.25) is 4.79 Å². The molecule has 0 spiro atoms. The summed E-state index contributed by atoms with van der Waals surface area (Å²) in [4.78, 5) is 25.8. The average molecular weight is 353 g/mol. The largest absolute Gasteiger partial charge is 0.478 e. The van der Waals surface area contributed by atoms with Crippen LogP contribution in [-0.4, -0.2) is 35.2 Å². The summed E-state index contributed by atoms with van der Waals surface area (Å²) < 4.78 is 10.8. The summed E-state index contributed by atoms with van der Waals surface area (Å²) in [6, 6.07) is 12.4. The molecule has 0 saturated carbocycles. The van der Waals surface area contributed by atoms with E-state index in [4.69, 9.17) is 14.6 Å². The number of benzene rings is 2. The van der Waals surface area contributed by atoms with Crippen molar-refractivity contribution in [3.8, 4) is 11.5 Å². The maximum Gasteiger partial charge on any atom is 0.335 e. The van der Waals surface area contributed by atoms with Gasteiger partial charge in [0.15, 0.2) is 11.5 Å². The first-order valence-corrected chi connectivity index (χ1v) is 8.63. The van der Waals surface area contributed by atoms with Crippen LogP contribution in [-0.2, 0) is 11.2 Å². The van der Waals surface area contributed by atoms with E-state index in [2.05, 4.69) is 0 Å². The lowest BCUT2D eigenvalue weighted by Crippen LogP contribution is -2.31. The Balaban J connectivity index is 1.52.